The third-order valence-electron chi connectivity index (χ3n) is 2.03. The van der Waals surface area contributed by atoms with Gasteiger partial charge in [-0.3, -0.25) is 0 Å². The highest BCUT2D eigenvalue weighted by molar-refractivity contribution is 6.08. The monoisotopic (exact) mass is 125 g/mol. The smallest absolute Gasteiger partial charge is 0.0222 e. The van der Waals surface area contributed by atoms with E-state index in [2.05, 4.69) is 10.2 Å². The highest BCUT2D eigenvalue weighted by atomic mass is 28.1. The Kier molecular flexibility index (Phi) is 2.60. The molecular weight excluding hydrogens is 112 g/mol. The van der Waals surface area contributed by atoms with Crippen LogP contribution in [-0.2, 0) is 0 Å². The lowest BCUT2D eigenvalue weighted by Gasteiger charge is -2.03. The van der Waals surface area contributed by atoms with Gasteiger partial charge in [0.25, 0.3) is 0 Å². The summed E-state index contributed by atoms with van der Waals surface area (Å²) < 4.78 is 0. The first-order valence-corrected chi connectivity index (χ1v) is 4.29. The Labute approximate surface area is 55.1 Å². The summed E-state index contributed by atoms with van der Waals surface area (Å²) in [5, 5.41) is 0. The van der Waals surface area contributed by atoms with Crippen LogP contribution in [0.5, 0.6) is 0 Å². The van der Waals surface area contributed by atoms with Gasteiger partial charge in [-0.05, 0) is 5.92 Å². The molecule has 1 aliphatic carbocycles. The Hall–Kier alpha value is 0.217. The Morgan fingerprint density at radius 1 is 1.25 bits per heavy atom. The van der Waals surface area contributed by atoms with E-state index in [1.54, 1.807) is 0 Å². The molecule has 45 valence electrons. The molecule has 0 bridgehead atoms. The highest BCUT2D eigenvalue weighted by Gasteiger charge is 2.12. The van der Waals surface area contributed by atoms with Gasteiger partial charge in [0.2, 0.25) is 0 Å². The van der Waals surface area contributed by atoms with Crippen LogP contribution in [0.15, 0.2) is 0 Å². The van der Waals surface area contributed by atoms with Crippen molar-refractivity contribution in [2.75, 3.05) is 0 Å². The molecule has 1 aliphatic rings. The van der Waals surface area contributed by atoms with E-state index < -0.39 is 0 Å². The van der Waals surface area contributed by atoms with Crippen molar-refractivity contribution >= 4 is 10.2 Å². The highest BCUT2D eigenvalue weighted by Crippen LogP contribution is 2.27. The predicted molar refractivity (Wildman–Crippen MR) is 37.1 cm³/mol. The molecule has 1 saturated carbocycles. The minimum absolute atomic E-state index is 1.06. The van der Waals surface area contributed by atoms with Gasteiger partial charge in [0.1, 0.15) is 0 Å². The SMILES string of the molecule is [Si]CCC1CCCC1. The second-order valence-electron chi connectivity index (χ2n) is 2.69. The molecule has 0 unspecified atom stereocenters. The fourth-order valence-corrected chi connectivity index (χ4v) is 1.91. The van der Waals surface area contributed by atoms with Crippen molar-refractivity contribution in [3.8, 4) is 0 Å². The van der Waals surface area contributed by atoms with Crippen LogP contribution in [0.2, 0.25) is 6.04 Å². The Balaban J connectivity index is 2.06. The number of hydrogen-bond donors (Lipinski definition) is 0. The molecule has 0 aromatic heterocycles. The molecule has 0 atom stereocenters. The van der Waals surface area contributed by atoms with Crippen LogP contribution in [0.4, 0.5) is 0 Å². The summed E-state index contributed by atoms with van der Waals surface area (Å²) in [5.74, 6) is 1.06. The largest absolute Gasteiger partial charge is 0.0635 e. The van der Waals surface area contributed by atoms with Gasteiger partial charge >= 0.3 is 0 Å². The van der Waals surface area contributed by atoms with E-state index >= 15 is 0 Å². The van der Waals surface area contributed by atoms with Crippen LogP contribution >= 0.6 is 0 Å². The predicted octanol–water partition coefficient (Wildman–Crippen LogP) is 2.15. The second kappa shape index (κ2) is 3.28. The van der Waals surface area contributed by atoms with E-state index in [0.29, 0.717) is 0 Å². The second-order valence-corrected chi connectivity index (χ2v) is 3.19. The standard InChI is InChI=1S/C7H13Si/c8-6-5-7-3-1-2-4-7/h7H,1-6H2. The number of hydrogen-bond acceptors (Lipinski definition) is 0. The minimum Gasteiger partial charge on any atom is -0.0635 e. The van der Waals surface area contributed by atoms with Gasteiger partial charge in [0.05, 0.1) is 0 Å². The van der Waals surface area contributed by atoms with Crippen molar-refractivity contribution in [3.63, 3.8) is 0 Å². The summed E-state index contributed by atoms with van der Waals surface area (Å²) in [4.78, 5) is 0. The van der Waals surface area contributed by atoms with Gasteiger partial charge in [-0.1, -0.05) is 38.1 Å². The fourth-order valence-electron chi connectivity index (χ4n) is 1.50. The average Bonchev–Trinajstić information content (AvgIpc) is 2.19. The Morgan fingerprint density at radius 3 is 2.38 bits per heavy atom. The summed E-state index contributed by atoms with van der Waals surface area (Å²) in [5.41, 5.74) is 0. The van der Waals surface area contributed by atoms with E-state index in [4.69, 9.17) is 0 Å². The molecule has 8 heavy (non-hydrogen) atoms. The van der Waals surface area contributed by atoms with Crippen molar-refractivity contribution in [2.24, 2.45) is 5.92 Å². The molecule has 0 aromatic rings. The van der Waals surface area contributed by atoms with Crippen molar-refractivity contribution in [1.82, 2.24) is 0 Å². The van der Waals surface area contributed by atoms with Crippen molar-refractivity contribution in [3.05, 3.63) is 0 Å². The van der Waals surface area contributed by atoms with Crippen LogP contribution < -0.4 is 0 Å². The van der Waals surface area contributed by atoms with E-state index in [1.165, 1.54) is 38.1 Å². The lowest BCUT2D eigenvalue weighted by molar-refractivity contribution is 0.530. The van der Waals surface area contributed by atoms with E-state index in [9.17, 15) is 0 Å². The zero-order valence-electron chi connectivity index (χ0n) is 5.32. The Morgan fingerprint density at radius 2 is 1.88 bits per heavy atom. The molecule has 0 nitrogen and oxygen atoms in total. The van der Waals surface area contributed by atoms with Crippen LogP contribution in [0.1, 0.15) is 32.1 Å². The first kappa shape index (κ1) is 6.34. The zero-order chi connectivity index (χ0) is 5.82. The first-order chi connectivity index (χ1) is 3.93. The lowest BCUT2D eigenvalue weighted by atomic mass is 10.1. The topological polar surface area (TPSA) is 0 Å². The van der Waals surface area contributed by atoms with E-state index in [1.807, 2.05) is 0 Å². The molecule has 3 radical (unpaired) electrons. The summed E-state index contributed by atoms with van der Waals surface area (Å²) in [6.45, 7) is 0. The van der Waals surface area contributed by atoms with E-state index in [0.717, 1.165) is 5.92 Å². The molecule has 0 aromatic carbocycles. The molecule has 0 amide bonds. The molecule has 0 heterocycles. The van der Waals surface area contributed by atoms with Gasteiger partial charge in [0.15, 0.2) is 0 Å². The van der Waals surface area contributed by atoms with Crippen molar-refractivity contribution < 1.29 is 0 Å². The molecule has 0 N–H and O–H groups in total. The minimum atomic E-state index is 1.06. The molecule has 1 fully saturated rings. The summed E-state index contributed by atoms with van der Waals surface area (Å²) in [6.07, 6.45) is 7.35. The van der Waals surface area contributed by atoms with Crippen molar-refractivity contribution in [2.45, 2.75) is 38.1 Å². The van der Waals surface area contributed by atoms with Gasteiger partial charge in [-0.15, -0.1) is 0 Å². The quantitative estimate of drug-likeness (QED) is 0.496. The third-order valence-corrected chi connectivity index (χ3v) is 2.32. The average molecular weight is 125 g/mol. The Bertz CT molecular complexity index is 55.4. The maximum atomic E-state index is 3.50. The summed E-state index contributed by atoms with van der Waals surface area (Å²) >= 11 is 0. The molecule has 1 heteroatoms. The van der Waals surface area contributed by atoms with Crippen LogP contribution in [0.25, 0.3) is 0 Å². The molecule has 0 saturated heterocycles. The maximum absolute atomic E-state index is 3.50. The van der Waals surface area contributed by atoms with Gasteiger partial charge in [-0.2, -0.15) is 0 Å². The van der Waals surface area contributed by atoms with Gasteiger partial charge < -0.3 is 0 Å². The van der Waals surface area contributed by atoms with Crippen LogP contribution in [0, 0.1) is 5.92 Å². The van der Waals surface area contributed by atoms with Crippen molar-refractivity contribution in [1.29, 1.82) is 0 Å². The normalized spacial score (nSPS) is 22.1. The van der Waals surface area contributed by atoms with E-state index in [-0.39, 0.29) is 0 Å². The molecule has 0 spiro atoms. The molecular formula is C7H13Si. The maximum Gasteiger partial charge on any atom is 0.0222 e. The number of rotatable bonds is 2. The molecule has 0 aliphatic heterocycles. The summed E-state index contributed by atoms with van der Waals surface area (Å²) in [6, 6.07) is 1.20. The molecule has 1 rings (SSSR count). The van der Waals surface area contributed by atoms with Gasteiger partial charge in [-0.25, -0.2) is 0 Å². The fraction of sp³-hybridized carbons (Fsp3) is 1.00. The van der Waals surface area contributed by atoms with Crippen LogP contribution in [-0.4, -0.2) is 10.2 Å². The third kappa shape index (κ3) is 1.62. The first-order valence-electron chi connectivity index (χ1n) is 3.58. The lowest BCUT2D eigenvalue weighted by Crippen LogP contribution is -1.90. The summed E-state index contributed by atoms with van der Waals surface area (Å²) in [7, 11) is 3.50. The van der Waals surface area contributed by atoms with Crippen LogP contribution in [0.3, 0.4) is 0 Å². The van der Waals surface area contributed by atoms with Gasteiger partial charge in [0, 0.05) is 10.2 Å². The zero-order valence-corrected chi connectivity index (χ0v) is 6.32.